The molecule has 1 atom stereocenters. The molecule has 0 spiro atoms. The second kappa shape index (κ2) is 2.06. The van der Waals surface area contributed by atoms with E-state index >= 15 is 0 Å². The highest BCUT2D eigenvalue weighted by atomic mass is 16.4. The van der Waals surface area contributed by atoms with Crippen molar-refractivity contribution in [2.24, 2.45) is 5.29 Å². The highest BCUT2D eigenvalue weighted by molar-refractivity contribution is 4.64. The summed E-state index contributed by atoms with van der Waals surface area (Å²) < 4.78 is 0. The number of nitrogens with zero attached hydrogens (tertiary/aromatic N) is 2. The van der Waals surface area contributed by atoms with Crippen LogP contribution in [0.4, 0.5) is 0 Å². The molecule has 1 heterocycles. The highest BCUT2D eigenvalue weighted by Gasteiger charge is 2.19. The molecule has 0 aromatic rings. The maximum atomic E-state index is 9.69. The molecule has 0 saturated carbocycles. The Morgan fingerprint density at radius 3 is 2.88 bits per heavy atom. The van der Waals surface area contributed by atoms with Gasteiger partial charge >= 0.3 is 0 Å². The summed E-state index contributed by atoms with van der Waals surface area (Å²) in [4.78, 5) is 9.69. The van der Waals surface area contributed by atoms with Gasteiger partial charge < -0.3 is 5.11 Å². The Balaban J connectivity index is 2.41. The molecule has 0 aromatic heterocycles. The predicted octanol–water partition coefficient (Wildman–Crippen LogP) is -1.15. The van der Waals surface area contributed by atoms with Gasteiger partial charge in [0.1, 0.15) is 0 Å². The van der Waals surface area contributed by atoms with E-state index in [-0.39, 0.29) is 0 Å². The van der Waals surface area contributed by atoms with Crippen LogP contribution in [0.25, 0.3) is 0 Å². The number of aliphatic hydroxyl groups is 1. The number of hydrogen-bond donors (Lipinski definition) is 2. The van der Waals surface area contributed by atoms with Crippen LogP contribution in [0.5, 0.6) is 0 Å². The van der Waals surface area contributed by atoms with Gasteiger partial charge in [-0.25, -0.2) is 5.01 Å². The molecule has 8 heavy (non-hydrogen) atoms. The van der Waals surface area contributed by atoms with Gasteiger partial charge in [-0.1, -0.05) is 0 Å². The van der Waals surface area contributed by atoms with E-state index in [0.717, 1.165) is 5.01 Å². The third-order valence-corrected chi connectivity index (χ3v) is 1.06. The molecule has 1 rings (SSSR count). The minimum Gasteiger partial charge on any atom is -0.360 e. The normalized spacial score (nSPS) is 28.6. The van der Waals surface area contributed by atoms with E-state index in [1.54, 1.807) is 0 Å². The van der Waals surface area contributed by atoms with E-state index in [4.69, 9.17) is 5.11 Å². The number of aliphatic hydroxyl groups excluding tert-OH is 1. The van der Waals surface area contributed by atoms with E-state index in [2.05, 4.69) is 10.6 Å². The van der Waals surface area contributed by atoms with Gasteiger partial charge in [0.05, 0.1) is 11.8 Å². The van der Waals surface area contributed by atoms with Gasteiger partial charge in [0.25, 0.3) is 0 Å². The van der Waals surface area contributed by atoms with Crippen LogP contribution < -0.4 is 5.32 Å². The molecule has 1 saturated heterocycles. The van der Waals surface area contributed by atoms with Crippen molar-refractivity contribution >= 4 is 0 Å². The monoisotopic (exact) mass is 117 g/mol. The fourth-order valence-corrected chi connectivity index (χ4v) is 0.621. The van der Waals surface area contributed by atoms with Gasteiger partial charge in [-0.05, 0) is 0 Å². The summed E-state index contributed by atoms with van der Waals surface area (Å²) in [5.74, 6) is 0. The molecule has 5 heteroatoms. The van der Waals surface area contributed by atoms with Crippen molar-refractivity contribution in [1.29, 1.82) is 0 Å². The van der Waals surface area contributed by atoms with Crippen LogP contribution >= 0.6 is 0 Å². The van der Waals surface area contributed by atoms with Gasteiger partial charge in [-0.3, -0.25) is 5.32 Å². The van der Waals surface area contributed by atoms with Gasteiger partial charge in [-0.15, -0.1) is 4.91 Å². The van der Waals surface area contributed by atoms with Crippen molar-refractivity contribution in [3.63, 3.8) is 0 Å². The van der Waals surface area contributed by atoms with Crippen LogP contribution in [0, 0.1) is 4.91 Å². The molecule has 0 radical (unpaired) electrons. The number of rotatable bonds is 1. The predicted molar refractivity (Wildman–Crippen MR) is 26.5 cm³/mol. The van der Waals surface area contributed by atoms with Crippen molar-refractivity contribution < 1.29 is 5.11 Å². The lowest BCUT2D eigenvalue weighted by Crippen LogP contribution is -2.30. The third kappa shape index (κ3) is 0.775. The van der Waals surface area contributed by atoms with Gasteiger partial charge in [-0.2, -0.15) is 0 Å². The van der Waals surface area contributed by atoms with Crippen LogP contribution in [-0.2, 0) is 0 Å². The van der Waals surface area contributed by atoms with E-state index in [1.807, 2.05) is 0 Å². The lowest BCUT2D eigenvalue weighted by molar-refractivity contribution is 0.0226. The Bertz CT molecular complexity index is 96.5. The molecule has 46 valence electrons. The van der Waals surface area contributed by atoms with Crippen LogP contribution in [0.2, 0.25) is 0 Å². The first-order valence-corrected chi connectivity index (χ1v) is 2.36. The summed E-state index contributed by atoms with van der Waals surface area (Å²) >= 11 is 0. The molecule has 1 aliphatic rings. The number of nitroso groups, excluding NO2 is 1. The van der Waals surface area contributed by atoms with Crippen LogP contribution in [0.1, 0.15) is 0 Å². The largest absolute Gasteiger partial charge is 0.360 e. The number of hydrogen-bond acceptors (Lipinski definition) is 4. The van der Waals surface area contributed by atoms with Crippen molar-refractivity contribution in [3.05, 3.63) is 4.91 Å². The first-order chi connectivity index (χ1) is 3.84. The quantitative estimate of drug-likeness (QED) is 0.425. The van der Waals surface area contributed by atoms with Crippen LogP contribution in [-0.4, -0.2) is 29.6 Å². The topological polar surface area (TPSA) is 64.9 Å². The van der Waals surface area contributed by atoms with Gasteiger partial charge in [0.2, 0.25) is 6.35 Å². The Morgan fingerprint density at radius 2 is 2.62 bits per heavy atom. The summed E-state index contributed by atoms with van der Waals surface area (Å²) in [6, 6.07) is 0. The fourth-order valence-electron chi connectivity index (χ4n) is 0.621. The Labute approximate surface area is 46.2 Å². The van der Waals surface area contributed by atoms with E-state index in [0.29, 0.717) is 13.1 Å². The maximum Gasteiger partial charge on any atom is 0.202 e. The van der Waals surface area contributed by atoms with Crippen molar-refractivity contribution in [2.45, 2.75) is 6.35 Å². The SMILES string of the molecule is O=NN1CCNC1O. The maximum absolute atomic E-state index is 9.69. The van der Waals surface area contributed by atoms with Crippen molar-refractivity contribution in [2.75, 3.05) is 13.1 Å². The summed E-state index contributed by atoms with van der Waals surface area (Å²) in [6.07, 6.45) is -0.868. The average molecular weight is 117 g/mol. The Morgan fingerprint density at radius 1 is 1.88 bits per heavy atom. The zero-order valence-electron chi connectivity index (χ0n) is 4.24. The molecule has 1 unspecified atom stereocenters. The van der Waals surface area contributed by atoms with E-state index < -0.39 is 6.35 Å². The number of nitrogens with one attached hydrogen (secondary N) is 1. The Kier molecular flexibility index (Phi) is 1.40. The van der Waals surface area contributed by atoms with E-state index in [1.165, 1.54) is 0 Å². The average Bonchev–Trinajstić information content (AvgIpc) is 2.14. The van der Waals surface area contributed by atoms with Crippen molar-refractivity contribution in [1.82, 2.24) is 10.3 Å². The fraction of sp³-hybridized carbons (Fsp3) is 1.00. The molecular formula is C3H7N3O2. The minimum absolute atomic E-state index is 0.491. The standard InChI is InChI=1S/C3H7N3O2/c7-3-4-1-2-6(3)5-8/h3-4,7H,1-2H2. The smallest absolute Gasteiger partial charge is 0.202 e. The molecule has 0 aliphatic carbocycles. The van der Waals surface area contributed by atoms with Gasteiger partial charge in [0, 0.05) is 6.54 Å². The van der Waals surface area contributed by atoms with Crippen molar-refractivity contribution in [3.8, 4) is 0 Å². The molecular weight excluding hydrogens is 110 g/mol. The zero-order valence-corrected chi connectivity index (χ0v) is 4.24. The van der Waals surface area contributed by atoms with Gasteiger partial charge in [0.15, 0.2) is 0 Å². The first kappa shape index (κ1) is 5.46. The summed E-state index contributed by atoms with van der Waals surface area (Å²) in [6.45, 7) is 1.11. The molecule has 0 bridgehead atoms. The molecule has 0 aromatic carbocycles. The molecule has 5 nitrogen and oxygen atoms in total. The molecule has 1 aliphatic heterocycles. The van der Waals surface area contributed by atoms with Crippen LogP contribution in [0.15, 0.2) is 5.29 Å². The highest BCUT2D eigenvalue weighted by Crippen LogP contribution is 1.97. The lowest BCUT2D eigenvalue weighted by atomic mass is 10.7. The zero-order chi connectivity index (χ0) is 5.98. The molecule has 2 N–H and O–H groups in total. The first-order valence-electron chi connectivity index (χ1n) is 2.36. The van der Waals surface area contributed by atoms with E-state index in [9.17, 15) is 4.91 Å². The molecule has 1 fully saturated rings. The van der Waals surface area contributed by atoms with Crippen LogP contribution in [0.3, 0.4) is 0 Å². The minimum atomic E-state index is -0.868. The summed E-state index contributed by atoms with van der Waals surface area (Å²) in [5, 5.41) is 14.9. The lowest BCUT2D eigenvalue weighted by Gasteiger charge is -2.08. The second-order valence-electron chi connectivity index (χ2n) is 1.57. The second-order valence-corrected chi connectivity index (χ2v) is 1.57. The third-order valence-electron chi connectivity index (χ3n) is 1.06. The Hall–Kier alpha value is -0.680. The summed E-state index contributed by atoms with van der Waals surface area (Å²) in [7, 11) is 0. The summed E-state index contributed by atoms with van der Waals surface area (Å²) in [5.41, 5.74) is 0. The molecule has 0 amide bonds.